The SMILES string of the molecule is C=C/C(C#N)=C\C=C(/C)NC(C)=O. The maximum Gasteiger partial charge on any atom is 0.220 e. The molecule has 0 aliphatic rings. The molecule has 1 N–H and O–H groups in total. The van der Waals surface area contributed by atoms with Crippen LogP contribution < -0.4 is 5.32 Å². The summed E-state index contributed by atoms with van der Waals surface area (Å²) in [5.74, 6) is -0.126. The van der Waals surface area contributed by atoms with Gasteiger partial charge in [-0.2, -0.15) is 5.26 Å². The van der Waals surface area contributed by atoms with Gasteiger partial charge in [-0.25, -0.2) is 0 Å². The van der Waals surface area contributed by atoms with Gasteiger partial charge in [-0.15, -0.1) is 0 Å². The molecule has 0 aliphatic heterocycles. The second-order valence-corrected chi connectivity index (χ2v) is 2.47. The summed E-state index contributed by atoms with van der Waals surface area (Å²) in [6.07, 6.45) is 4.71. The smallest absolute Gasteiger partial charge is 0.220 e. The van der Waals surface area contributed by atoms with Crippen LogP contribution in [-0.4, -0.2) is 5.91 Å². The molecule has 0 atom stereocenters. The second-order valence-electron chi connectivity index (χ2n) is 2.47. The Labute approximate surface area is 78.1 Å². The first-order chi connectivity index (χ1) is 6.10. The molecule has 0 radical (unpaired) electrons. The Morgan fingerprint density at radius 2 is 2.08 bits per heavy atom. The van der Waals surface area contributed by atoms with Crippen LogP contribution in [0.3, 0.4) is 0 Å². The van der Waals surface area contributed by atoms with E-state index >= 15 is 0 Å². The predicted octanol–water partition coefficient (Wildman–Crippen LogP) is 1.66. The van der Waals surface area contributed by atoms with Crippen LogP contribution >= 0.6 is 0 Å². The summed E-state index contributed by atoms with van der Waals surface area (Å²) < 4.78 is 0. The molecular weight excluding hydrogens is 164 g/mol. The van der Waals surface area contributed by atoms with Gasteiger partial charge < -0.3 is 5.32 Å². The lowest BCUT2D eigenvalue weighted by Gasteiger charge is -1.98. The summed E-state index contributed by atoms with van der Waals surface area (Å²) in [7, 11) is 0. The number of carbonyl (C=O) groups excluding carboxylic acids is 1. The number of nitrogens with one attached hydrogen (secondary N) is 1. The van der Waals surface area contributed by atoms with Gasteiger partial charge in [0, 0.05) is 12.6 Å². The summed E-state index contributed by atoms with van der Waals surface area (Å²) in [6.45, 7) is 6.64. The van der Waals surface area contributed by atoms with Crippen LogP contribution in [0.15, 0.2) is 36.1 Å². The first kappa shape index (κ1) is 11.2. The van der Waals surface area contributed by atoms with Crippen molar-refractivity contribution in [3.8, 4) is 6.07 Å². The first-order valence-corrected chi connectivity index (χ1v) is 3.79. The van der Waals surface area contributed by atoms with Gasteiger partial charge in [0.15, 0.2) is 0 Å². The van der Waals surface area contributed by atoms with Crippen molar-refractivity contribution in [1.82, 2.24) is 5.32 Å². The van der Waals surface area contributed by atoms with E-state index in [1.165, 1.54) is 13.0 Å². The molecule has 0 saturated carbocycles. The number of nitrogens with zero attached hydrogens (tertiary/aromatic N) is 1. The predicted molar refractivity (Wildman–Crippen MR) is 51.5 cm³/mol. The summed E-state index contributed by atoms with van der Waals surface area (Å²) in [4.78, 5) is 10.6. The Bertz CT molecular complexity index is 305. The van der Waals surface area contributed by atoms with Crippen LogP contribution in [0, 0.1) is 11.3 Å². The van der Waals surface area contributed by atoms with Crippen molar-refractivity contribution >= 4 is 5.91 Å². The quantitative estimate of drug-likeness (QED) is 0.525. The minimum absolute atomic E-state index is 0.126. The molecule has 13 heavy (non-hydrogen) atoms. The molecule has 0 saturated heterocycles. The molecule has 0 rings (SSSR count). The van der Waals surface area contributed by atoms with Gasteiger partial charge >= 0.3 is 0 Å². The van der Waals surface area contributed by atoms with E-state index in [2.05, 4.69) is 11.9 Å². The summed E-state index contributed by atoms with van der Waals surface area (Å²) in [5.41, 5.74) is 1.16. The molecule has 0 spiro atoms. The van der Waals surface area contributed by atoms with Gasteiger partial charge in [0.2, 0.25) is 5.91 Å². The molecule has 0 fully saturated rings. The fraction of sp³-hybridized carbons (Fsp3) is 0.200. The largest absolute Gasteiger partial charge is 0.330 e. The van der Waals surface area contributed by atoms with Crippen LogP contribution in [0.5, 0.6) is 0 Å². The molecule has 0 bridgehead atoms. The van der Waals surface area contributed by atoms with Crippen LogP contribution in [0.4, 0.5) is 0 Å². The van der Waals surface area contributed by atoms with E-state index in [1.807, 2.05) is 6.07 Å². The zero-order valence-electron chi connectivity index (χ0n) is 7.79. The lowest BCUT2D eigenvalue weighted by molar-refractivity contribution is -0.118. The molecule has 0 heterocycles. The topological polar surface area (TPSA) is 52.9 Å². The van der Waals surface area contributed by atoms with Crippen molar-refractivity contribution in [2.24, 2.45) is 0 Å². The van der Waals surface area contributed by atoms with Crippen molar-refractivity contribution in [2.45, 2.75) is 13.8 Å². The van der Waals surface area contributed by atoms with Crippen molar-refractivity contribution in [2.75, 3.05) is 0 Å². The Balaban J connectivity index is 4.41. The Morgan fingerprint density at radius 3 is 2.46 bits per heavy atom. The van der Waals surface area contributed by atoms with Crippen LogP contribution in [0.2, 0.25) is 0 Å². The molecule has 0 aromatic heterocycles. The summed E-state index contributed by atoms with van der Waals surface area (Å²) in [6, 6.07) is 1.95. The number of allylic oxidation sites excluding steroid dienone is 5. The van der Waals surface area contributed by atoms with Gasteiger partial charge in [-0.3, -0.25) is 4.79 Å². The minimum atomic E-state index is -0.126. The number of amides is 1. The van der Waals surface area contributed by atoms with Gasteiger partial charge in [-0.05, 0) is 19.1 Å². The average Bonchev–Trinajstić information content (AvgIpc) is 2.05. The zero-order valence-corrected chi connectivity index (χ0v) is 7.79. The second kappa shape index (κ2) is 5.78. The number of hydrogen-bond acceptors (Lipinski definition) is 2. The number of hydrogen-bond donors (Lipinski definition) is 1. The lowest BCUT2D eigenvalue weighted by atomic mass is 10.2. The Morgan fingerprint density at radius 1 is 1.46 bits per heavy atom. The Kier molecular flexibility index (Phi) is 4.97. The third kappa shape index (κ3) is 5.45. The number of carbonyl (C=O) groups is 1. The molecule has 0 aromatic carbocycles. The normalized spacial score (nSPS) is 11.8. The molecule has 1 amide bonds. The van der Waals surface area contributed by atoms with E-state index in [0.717, 1.165) is 0 Å². The van der Waals surface area contributed by atoms with Crippen LogP contribution in [0.1, 0.15) is 13.8 Å². The minimum Gasteiger partial charge on any atom is -0.330 e. The maximum absolute atomic E-state index is 10.6. The molecular formula is C10H12N2O. The third-order valence-electron chi connectivity index (χ3n) is 1.24. The fourth-order valence-electron chi connectivity index (χ4n) is 0.685. The van der Waals surface area contributed by atoms with Gasteiger partial charge in [0.25, 0.3) is 0 Å². The third-order valence-corrected chi connectivity index (χ3v) is 1.24. The van der Waals surface area contributed by atoms with Crippen LogP contribution in [-0.2, 0) is 4.79 Å². The van der Waals surface area contributed by atoms with E-state index in [1.54, 1.807) is 19.1 Å². The molecule has 0 aromatic rings. The zero-order chi connectivity index (χ0) is 10.3. The molecule has 0 unspecified atom stereocenters. The van der Waals surface area contributed by atoms with Gasteiger partial charge in [0.05, 0.1) is 11.6 Å². The highest BCUT2D eigenvalue weighted by Crippen LogP contribution is 1.95. The maximum atomic E-state index is 10.6. The van der Waals surface area contributed by atoms with Crippen LogP contribution in [0.25, 0.3) is 0 Å². The summed E-state index contributed by atoms with van der Waals surface area (Å²) >= 11 is 0. The average molecular weight is 176 g/mol. The summed E-state index contributed by atoms with van der Waals surface area (Å²) in [5, 5.41) is 11.1. The highest BCUT2D eigenvalue weighted by Gasteiger charge is 1.90. The molecule has 3 nitrogen and oxygen atoms in total. The molecule has 3 heteroatoms. The molecule has 0 aliphatic carbocycles. The monoisotopic (exact) mass is 176 g/mol. The van der Waals surface area contributed by atoms with Crippen molar-refractivity contribution < 1.29 is 4.79 Å². The van der Waals surface area contributed by atoms with E-state index in [9.17, 15) is 4.79 Å². The van der Waals surface area contributed by atoms with Crippen molar-refractivity contribution in [3.63, 3.8) is 0 Å². The van der Waals surface area contributed by atoms with E-state index in [0.29, 0.717) is 11.3 Å². The lowest BCUT2D eigenvalue weighted by Crippen LogP contribution is -2.16. The van der Waals surface area contributed by atoms with E-state index in [4.69, 9.17) is 5.26 Å². The highest BCUT2D eigenvalue weighted by molar-refractivity contribution is 5.74. The first-order valence-electron chi connectivity index (χ1n) is 3.79. The van der Waals surface area contributed by atoms with Crippen molar-refractivity contribution in [3.05, 3.63) is 36.1 Å². The Hall–Kier alpha value is -1.82. The molecule has 68 valence electrons. The van der Waals surface area contributed by atoms with Crippen molar-refractivity contribution in [1.29, 1.82) is 5.26 Å². The number of rotatable bonds is 3. The fourth-order valence-corrected chi connectivity index (χ4v) is 0.685. The number of nitriles is 1. The highest BCUT2D eigenvalue weighted by atomic mass is 16.1. The standard InChI is InChI=1S/C10H12N2O/c1-4-10(7-11)6-5-8(2)12-9(3)13/h4-6H,1H2,2-3H3,(H,12,13)/b8-5+,10-6+. The van der Waals surface area contributed by atoms with E-state index < -0.39 is 0 Å². The van der Waals surface area contributed by atoms with Gasteiger partial charge in [-0.1, -0.05) is 12.7 Å². The van der Waals surface area contributed by atoms with E-state index in [-0.39, 0.29) is 5.91 Å². The van der Waals surface area contributed by atoms with Gasteiger partial charge in [0.1, 0.15) is 0 Å².